The maximum Gasteiger partial charge on any atom is 0.339 e. The van der Waals surface area contributed by atoms with Crippen LogP contribution in [0.15, 0.2) is 18.3 Å². The fourth-order valence-electron chi connectivity index (χ4n) is 1.76. The van der Waals surface area contributed by atoms with Crippen LogP contribution in [0.5, 0.6) is 0 Å². The van der Waals surface area contributed by atoms with E-state index >= 15 is 0 Å². The quantitative estimate of drug-likeness (QED) is 0.738. The second-order valence-corrected chi connectivity index (χ2v) is 5.54. The molecule has 0 fully saturated rings. The van der Waals surface area contributed by atoms with Crippen molar-refractivity contribution in [2.75, 3.05) is 27.4 Å². The summed E-state index contributed by atoms with van der Waals surface area (Å²) in [5.41, 5.74) is 1.55. The van der Waals surface area contributed by atoms with Gasteiger partial charge in [-0.2, -0.15) is 0 Å². The third kappa shape index (κ3) is 5.67. The highest BCUT2D eigenvalue weighted by atomic mass is 16.5. The molecule has 0 aliphatic rings. The molecular formula is C15H24N2O3. The first kappa shape index (κ1) is 16.6. The standard InChI is InChI=1S/C15H24N2O3/c1-15(2,7-8-19-3)11-16-10-13-6-5-12(9-17-13)14(18)20-4/h5-6,9,16H,7-8,10-11H2,1-4H3. The van der Waals surface area contributed by atoms with Gasteiger partial charge < -0.3 is 14.8 Å². The van der Waals surface area contributed by atoms with Crippen LogP contribution in [0.3, 0.4) is 0 Å². The normalized spacial score (nSPS) is 11.4. The van der Waals surface area contributed by atoms with Gasteiger partial charge in [0.1, 0.15) is 0 Å². The van der Waals surface area contributed by atoms with Gasteiger partial charge in [0.2, 0.25) is 0 Å². The minimum Gasteiger partial charge on any atom is -0.465 e. The Morgan fingerprint density at radius 2 is 2.10 bits per heavy atom. The number of hydrogen-bond acceptors (Lipinski definition) is 5. The molecule has 112 valence electrons. The molecule has 0 atom stereocenters. The first-order valence-corrected chi connectivity index (χ1v) is 6.71. The Labute approximate surface area is 120 Å². The smallest absolute Gasteiger partial charge is 0.339 e. The molecule has 1 aromatic rings. The zero-order valence-corrected chi connectivity index (χ0v) is 12.7. The van der Waals surface area contributed by atoms with Crippen molar-refractivity contribution in [1.29, 1.82) is 0 Å². The Balaban J connectivity index is 2.40. The number of rotatable bonds is 8. The molecule has 1 rings (SSSR count). The molecule has 0 aliphatic heterocycles. The predicted octanol–water partition coefficient (Wildman–Crippen LogP) is 2.02. The number of hydrogen-bond donors (Lipinski definition) is 1. The molecule has 1 aromatic heterocycles. The fourth-order valence-corrected chi connectivity index (χ4v) is 1.76. The molecular weight excluding hydrogens is 256 g/mol. The van der Waals surface area contributed by atoms with Crippen LogP contribution in [0.2, 0.25) is 0 Å². The second kappa shape index (κ2) is 7.97. The summed E-state index contributed by atoms with van der Waals surface area (Å²) in [7, 11) is 3.08. The molecule has 0 saturated carbocycles. The summed E-state index contributed by atoms with van der Waals surface area (Å²) in [6.45, 7) is 6.73. The Hall–Kier alpha value is -1.46. The van der Waals surface area contributed by atoms with Crippen molar-refractivity contribution in [1.82, 2.24) is 10.3 Å². The number of pyridine rings is 1. The van der Waals surface area contributed by atoms with Crippen molar-refractivity contribution in [3.8, 4) is 0 Å². The molecule has 0 bridgehead atoms. The zero-order chi connectivity index (χ0) is 15.0. The van der Waals surface area contributed by atoms with E-state index in [1.165, 1.54) is 7.11 Å². The van der Waals surface area contributed by atoms with E-state index in [-0.39, 0.29) is 11.4 Å². The number of aromatic nitrogens is 1. The summed E-state index contributed by atoms with van der Waals surface area (Å²) in [5.74, 6) is -0.363. The summed E-state index contributed by atoms with van der Waals surface area (Å²) in [6, 6.07) is 3.56. The van der Waals surface area contributed by atoms with Gasteiger partial charge in [-0.05, 0) is 24.0 Å². The maximum atomic E-state index is 11.3. The molecule has 1 heterocycles. The van der Waals surface area contributed by atoms with E-state index in [2.05, 4.69) is 28.9 Å². The van der Waals surface area contributed by atoms with E-state index in [1.807, 2.05) is 6.07 Å². The van der Waals surface area contributed by atoms with Crippen molar-refractivity contribution >= 4 is 5.97 Å². The first-order valence-electron chi connectivity index (χ1n) is 6.71. The van der Waals surface area contributed by atoms with Gasteiger partial charge in [0.25, 0.3) is 0 Å². The molecule has 20 heavy (non-hydrogen) atoms. The largest absolute Gasteiger partial charge is 0.465 e. The van der Waals surface area contributed by atoms with Gasteiger partial charge in [-0.3, -0.25) is 4.98 Å². The summed E-state index contributed by atoms with van der Waals surface area (Å²) in [4.78, 5) is 15.5. The average molecular weight is 280 g/mol. The van der Waals surface area contributed by atoms with Crippen LogP contribution >= 0.6 is 0 Å². The third-order valence-corrected chi connectivity index (χ3v) is 3.14. The van der Waals surface area contributed by atoms with Crippen LogP contribution in [0.1, 0.15) is 36.3 Å². The summed E-state index contributed by atoms with van der Waals surface area (Å²) >= 11 is 0. The fraction of sp³-hybridized carbons (Fsp3) is 0.600. The van der Waals surface area contributed by atoms with Gasteiger partial charge in [-0.25, -0.2) is 4.79 Å². The summed E-state index contributed by atoms with van der Waals surface area (Å²) in [6.07, 6.45) is 2.55. The lowest BCUT2D eigenvalue weighted by Crippen LogP contribution is -2.30. The van der Waals surface area contributed by atoms with Gasteiger partial charge >= 0.3 is 5.97 Å². The lowest BCUT2D eigenvalue weighted by Gasteiger charge is -2.24. The highest BCUT2D eigenvalue weighted by Crippen LogP contribution is 2.18. The van der Waals surface area contributed by atoms with E-state index in [4.69, 9.17) is 4.74 Å². The Kier molecular flexibility index (Phi) is 6.61. The van der Waals surface area contributed by atoms with Crippen LogP contribution in [-0.4, -0.2) is 38.3 Å². The van der Waals surface area contributed by atoms with Gasteiger partial charge in [0.05, 0.1) is 18.4 Å². The first-order chi connectivity index (χ1) is 9.48. The van der Waals surface area contributed by atoms with Gasteiger partial charge in [-0.1, -0.05) is 13.8 Å². The molecule has 0 spiro atoms. The SMILES string of the molecule is COCCC(C)(C)CNCc1ccc(C(=O)OC)cn1. The van der Waals surface area contributed by atoms with Crippen LogP contribution in [0.4, 0.5) is 0 Å². The highest BCUT2D eigenvalue weighted by Gasteiger charge is 2.16. The predicted molar refractivity (Wildman–Crippen MR) is 77.6 cm³/mol. The molecule has 1 N–H and O–H groups in total. The number of carbonyl (C=O) groups is 1. The second-order valence-electron chi connectivity index (χ2n) is 5.54. The summed E-state index contributed by atoms with van der Waals surface area (Å²) in [5, 5.41) is 3.38. The topological polar surface area (TPSA) is 60.5 Å². The number of nitrogens with one attached hydrogen (secondary N) is 1. The minimum absolute atomic E-state index is 0.183. The average Bonchev–Trinajstić information content (AvgIpc) is 2.45. The van der Waals surface area contributed by atoms with Crippen molar-refractivity contribution in [2.45, 2.75) is 26.8 Å². The highest BCUT2D eigenvalue weighted by molar-refractivity contribution is 5.88. The van der Waals surface area contributed by atoms with Gasteiger partial charge in [0.15, 0.2) is 0 Å². The monoisotopic (exact) mass is 280 g/mol. The van der Waals surface area contributed by atoms with Crippen LogP contribution in [0, 0.1) is 5.41 Å². The van der Waals surface area contributed by atoms with Crippen molar-refractivity contribution in [2.24, 2.45) is 5.41 Å². The van der Waals surface area contributed by atoms with Crippen LogP contribution < -0.4 is 5.32 Å². The maximum absolute atomic E-state index is 11.3. The Morgan fingerprint density at radius 1 is 1.35 bits per heavy atom. The number of ether oxygens (including phenoxy) is 2. The molecule has 0 radical (unpaired) electrons. The Morgan fingerprint density at radius 3 is 2.65 bits per heavy atom. The molecule has 0 aromatic carbocycles. The van der Waals surface area contributed by atoms with Crippen LogP contribution in [-0.2, 0) is 16.0 Å². The third-order valence-electron chi connectivity index (χ3n) is 3.14. The van der Waals surface area contributed by atoms with Crippen molar-refractivity contribution < 1.29 is 14.3 Å². The van der Waals surface area contributed by atoms with Gasteiger partial charge in [0, 0.05) is 33.0 Å². The van der Waals surface area contributed by atoms with E-state index in [9.17, 15) is 4.79 Å². The number of nitrogens with zero attached hydrogens (tertiary/aromatic N) is 1. The lowest BCUT2D eigenvalue weighted by atomic mass is 9.90. The molecule has 5 nitrogen and oxygen atoms in total. The summed E-state index contributed by atoms with van der Waals surface area (Å²) < 4.78 is 9.74. The lowest BCUT2D eigenvalue weighted by molar-refractivity contribution is 0.0600. The minimum atomic E-state index is -0.363. The molecule has 0 unspecified atom stereocenters. The van der Waals surface area contributed by atoms with E-state index in [1.54, 1.807) is 19.4 Å². The van der Waals surface area contributed by atoms with Crippen LogP contribution in [0.25, 0.3) is 0 Å². The number of esters is 1. The molecule has 5 heteroatoms. The van der Waals surface area contributed by atoms with Gasteiger partial charge in [-0.15, -0.1) is 0 Å². The molecule has 0 amide bonds. The molecule has 0 saturated heterocycles. The van der Waals surface area contributed by atoms with Crippen molar-refractivity contribution in [3.63, 3.8) is 0 Å². The molecule has 0 aliphatic carbocycles. The number of carbonyl (C=O) groups excluding carboxylic acids is 1. The van der Waals surface area contributed by atoms with E-state index in [0.29, 0.717) is 12.1 Å². The zero-order valence-electron chi connectivity index (χ0n) is 12.7. The Bertz CT molecular complexity index is 416. The van der Waals surface area contributed by atoms with E-state index in [0.717, 1.165) is 25.3 Å². The number of methoxy groups -OCH3 is 2. The van der Waals surface area contributed by atoms with Crippen molar-refractivity contribution in [3.05, 3.63) is 29.6 Å². The van der Waals surface area contributed by atoms with E-state index < -0.39 is 0 Å².